The first-order valence-electron chi connectivity index (χ1n) is 4.99. The minimum absolute atomic E-state index is 0.122. The van der Waals surface area contributed by atoms with Crippen LogP contribution in [0, 0.1) is 0 Å². The van der Waals surface area contributed by atoms with Gasteiger partial charge in [0, 0.05) is 13.2 Å². The Morgan fingerprint density at radius 1 is 1.33 bits per heavy atom. The molecule has 18 heavy (non-hydrogen) atoms. The topological polar surface area (TPSA) is 92.7 Å². The van der Waals surface area contributed by atoms with E-state index in [1.807, 2.05) is 0 Å². The van der Waals surface area contributed by atoms with E-state index < -0.39 is 5.91 Å². The molecule has 2 heterocycles. The number of carbonyl (C=O) groups is 1. The van der Waals surface area contributed by atoms with Crippen molar-refractivity contribution in [2.24, 2.45) is 0 Å². The molecule has 0 aliphatic carbocycles. The number of hydrogen-bond donors (Lipinski definition) is 2. The van der Waals surface area contributed by atoms with Crippen LogP contribution in [0.1, 0.15) is 10.4 Å². The van der Waals surface area contributed by atoms with Gasteiger partial charge in [0.2, 0.25) is 5.95 Å². The predicted octanol–water partition coefficient (Wildman–Crippen LogP) is 1.21. The molecule has 7 nitrogen and oxygen atoms in total. The Hall–Kier alpha value is -2.28. The van der Waals surface area contributed by atoms with Gasteiger partial charge in [0.1, 0.15) is 5.82 Å². The third kappa shape index (κ3) is 2.69. The lowest BCUT2D eigenvalue weighted by atomic mass is 10.2. The van der Waals surface area contributed by atoms with Gasteiger partial charge in [-0.3, -0.25) is 10.1 Å². The van der Waals surface area contributed by atoms with Gasteiger partial charge in [0.15, 0.2) is 0 Å². The maximum Gasteiger partial charge on any atom is 0.259 e. The molecular weight excluding hydrogens is 256 g/mol. The number of nitrogens with one attached hydrogen (secondary N) is 2. The lowest BCUT2D eigenvalue weighted by Gasteiger charge is -2.05. The molecule has 8 heteroatoms. The molecule has 0 bridgehead atoms. The van der Waals surface area contributed by atoms with Gasteiger partial charge in [0.25, 0.3) is 5.91 Å². The van der Waals surface area contributed by atoms with Crippen molar-refractivity contribution in [1.29, 1.82) is 0 Å². The van der Waals surface area contributed by atoms with Crippen LogP contribution in [0.3, 0.4) is 0 Å². The molecule has 0 atom stereocenters. The van der Waals surface area contributed by atoms with E-state index in [1.165, 1.54) is 24.7 Å². The van der Waals surface area contributed by atoms with Crippen molar-refractivity contribution in [2.75, 3.05) is 17.7 Å². The molecule has 92 valence electrons. The highest BCUT2D eigenvalue weighted by Gasteiger charge is 2.10. The largest absolute Gasteiger partial charge is 0.372 e. The van der Waals surface area contributed by atoms with Crippen LogP contribution < -0.4 is 10.6 Å². The molecule has 2 aromatic heterocycles. The lowest BCUT2D eigenvalue weighted by molar-refractivity contribution is 0.102. The molecule has 0 aromatic carbocycles. The molecule has 0 spiro atoms. The Morgan fingerprint density at radius 3 is 2.78 bits per heavy atom. The summed E-state index contributed by atoms with van der Waals surface area (Å²) in [6, 6.07) is 1.51. The van der Waals surface area contributed by atoms with E-state index in [2.05, 4.69) is 30.8 Å². The fourth-order valence-corrected chi connectivity index (χ4v) is 1.49. The molecule has 0 aliphatic heterocycles. The van der Waals surface area contributed by atoms with Gasteiger partial charge in [0.05, 0.1) is 23.0 Å². The Kier molecular flexibility index (Phi) is 3.63. The fraction of sp³-hybridized carbons (Fsp3) is 0.100. The van der Waals surface area contributed by atoms with Gasteiger partial charge in [-0.05, 0) is 6.07 Å². The Balaban J connectivity index is 2.17. The zero-order valence-electron chi connectivity index (χ0n) is 9.38. The normalized spacial score (nSPS) is 9.89. The number of hydrogen-bond acceptors (Lipinski definition) is 6. The number of nitrogens with zero attached hydrogens (tertiary/aromatic N) is 4. The van der Waals surface area contributed by atoms with Gasteiger partial charge in [-0.2, -0.15) is 5.10 Å². The van der Waals surface area contributed by atoms with E-state index in [0.29, 0.717) is 16.4 Å². The van der Waals surface area contributed by atoms with E-state index in [0.717, 1.165) is 0 Å². The molecular formula is C10H9ClN6O. The highest BCUT2D eigenvalue weighted by molar-refractivity contribution is 6.33. The molecule has 0 radical (unpaired) electrons. The van der Waals surface area contributed by atoms with Gasteiger partial charge in [-0.1, -0.05) is 11.6 Å². The van der Waals surface area contributed by atoms with Crippen LogP contribution in [0.25, 0.3) is 0 Å². The summed E-state index contributed by atoms with van der Waals surface area (Å²) in [5.41, 5.74) is 0.312. The number of amides is 1. The van der Waals surface area contributed by atoms with Gasteiger partial charge in [-0.25, -0.2) is 9.97 Å². The molecule has 0 aliphatic rings. The number of pyridine rings is 1. The van der Waals surface area contributed by atoms with E-state index in [1.54, 1.807) is 7.05 Å². The third-order valence-electron chi connectivity index (χ3n) is 2.05. The predicted molar refractivity (Wildman–Crippen MR) is 66.6 cm³/mol. The van der Waals surface area contributed by atoms with Crippen LogP contribution in [0.5, 0.6) is 0 Å². The number of aromatic nitrogens is 4. The van der Waals surface area contributed by atoms with Crippen molar-refractivity contribution in [3.63, 3.8) is 0 Å². The summed E-state index contributed by atoms with van der Waals surface area (Å²) >= 11 is 5.93. The van der Waals surface area contributed by atoms with Crippen LogP contribution in [0.15, 0.2) is 24.7 Å². The average molecular weight is 265 g/mol. The van der Waals surface area contributed by atoms with E-state index in [4.69, 9.17) is 11.6 Å². The summed E-state index contributed by atoms with van der Waals surface area (Å²) < 4.78 is 0. The summed E-state index contributed by atoms with van der Waals surface area (Å²) in [6.45, 7) is 0. The number of halogens is 1. The molecule has 0 unspecified atom stereocenters. The zero-order valence-corrected chi connectivity index (χ0v) is 10.1. The third-order valence-corrected chi connectivity index (χ3v) is 2.34. The molecule has 2 N–H and O–H groups in total. The van der Waals surface area contributed by atoms with Crippen LogP contribution in [0.4, 0.5) is 11.8 Å². The Bertz CT molecular complexity index is 562. The summed E-state index contributed by atoms with van der Waals surface area (Å²) in [6.07, 6.45) is 4.25. The molecule has 0 saturated heterocycles. The summed E-state index contributed by atoms with van der Waals surface area (Å²) in [5, 5.41) is 12.9. The van der Waals surface area contributed by atoms with Crippen molar-refractivity contribution in [3.8, 4) is 0 Å². The van der Waals surface area contributed by atoms with E-state index in [9.17, 15) is 4.79 Å². The maximum atomic E-state index is 11.8. The lowest BCUT2D eigenvalue weighted by Crippen LogP contribution is -2.15. The second-order valence-electron chi connectivity index (χ2n) is 3.22. The Morgan fingerprint density at radius 2 is 2.17 bits per heavy atom. The maximum absolute atomic E-state index is 11.8. The first kappa shape index (κ1) is 12.2. The minimum atomic E-state index is -0.403. The second-order valence-corrected chi connectivity index (χ2v) is 3.63. The highest BCUT2D eigenvalue weighted by Crippen LogP contribution is 2.19. The quantitative estimate of drug-likeness (QED) is 0.866. The number of anilines is 2. The van der Waals surface area contributed by atoms with Crippen molar-refractivity contribution in [2.45, 2.75) is 0 Å². The first-order valence-corrected chi connectivity index (χ1v) is 5.37. The summed E-state index contributed by atoms with van der Waals surface area (Å²) in [5.74, 6) is 0.224. The highest BCUT2D eigenvalue weighted by atomic mass is 35.5. The van der Waals surface area contributed by atoms with Crippen molar-refractivity contribution in [3.05, 3.63) is 35.2 Å². The summed E-state index contributed by atoms with van der Waals surface area (Å²) in [4.78, 5) is 19.7. The average Bonchev–Trinajstić information content (AvgIpc) is 2.39. The van der Waals surface area contributed by atoms with Gasteiger partial charge < -0.3 is 5.32 Å². The smallest absolute Gasteiger partial charge is 0.259 e. The molecule has 0 fully saturated rings. The van der Waals surface area contributed by atoms with Gasteiger partial charge in [-0.15, -0.1) is 5.10 Å². The van der Waals surface area contributed by atoms with E-state index >= 15 is 0 Å². The Labute approximate surface area is 108 Å². The SMILES string of the molecule is CNc1ncc(C(=O)Nc2nccnn2)cc1Cl. The summed E-state index contributed by atoms with van der Waals surface area (Å²) in [7, 11) is 1.69. The fourth-order valence-electron chi connectivity index (χ4n) is 1.22. The van der Waals surface area contributed by atoms with Crippen molar-refractivity contribution in [1.82, 2.24) is 20.2 Å². The second kappa shape index (κ2) is 5.37. The number of carbonyl (C=O) groups excluding carboxylic acids is 1. The molecule has 0 saturated carbocycles. The van der Waals surface area contributed by atoms with Crippen molar-refractivity contribution < 1.29 is 4.79 Å². The van der Waals surface area contributed by atoms with Gasteiger partial charge >= 0.3 is 0 Å². The molecule has 2 rings (SSSR count). The van der Waals surface area contributed by atoms with Crippen molar-refractivity contribution >= 4 is 29.3 Å². The van der Waals surface area contributed by atoms with Crippen LogP contribution in [0.2, 0.25) is 5.02 Å². The van der Waals surface area contributed by atoms with E-state index in [-0.39, 0.29) is 5.95 Å². The standard InChI is InChI=1S/C10H9ClN6O/c1-12-8-7(11)4-6(5-14-8)9(18)16-10-13-2-3-15-17-10/h2-5H,1H3,(H,12,14)(H,13,16,17,18). The molecule has 2 aromatic rings. The minimum Gasteiger partial charge on any atom is -0.372 e. The monoisotopic (exact) mass is 264 g/mol. The molecule has 1 amide bonds. The first-order chi connectivity index (χ1) is 8.70. The van der Waals surface area contributed by atoms with Crippen LogP contribution >= 0.6 is 11.6 Å². The van der Waals surface area contributed by atoms with Crippen LogP contribution in [-0.4, -0.2) is 33.1 Å². The number of rotatable bonds is 3. The zero-order chi connectivity index (χ0) is 13.0. The van der Waals surface area contributed by atoms with Crippen LogP contribution in [-0.2, 0) is 0 Å².